The monoisotopic (exact) mass is 304 g/mol. The number of aryl methyl sites for hydroxylation is 2. The first-order chi connectivity index (χ1) is 10.3. The zero-order chi connectivity index (χ0) is 16.3. The highest BCUT2D eigenvalue weighted by Crippen LogP contribution is 2.29. The third-order valence-electron chi connectivity index (χ3n) is 3.29. The van der Waals surface area contributed by atoms with Crippen LogP contribution in [0, 0.1) is 13.8 Å². The Hall–Kier alpha value is -2.36. The van der Waals surface area contributed by atoms with Gasteiger partial charge in [0.05, 0.1) is 5.56 Å². The third-order valence-corrected chi connectivity index (χ3v) is 3.29. The second-order valence-corrected chi connectivity index (χ2v) is 5.14. The maximum absolute atomic E-state index is 12.6. The number of alkyl halides is 3. The van der Waals surface area contributed by atoms with E-state index in [1.54, 1.807) is 6.07 Å². The van der Waals surface area contributed by atoms with E-state index in [0.717, 1.165) is 23.3 Å². The summed E-state index contributed by atoms with van der Waals surface area (Å²) < 4.78 is 37.9. The minimum atomic E-state index is -4.39. The normalized spacial score (nSPS) is 11.9. The van der Waals surface area contributed by atoms with Gasteiger partial charge in [0.15, 0.2) is 5.78 Å². The fraction of sp³-hybridized carbons (Fsp3) is 0.167. The molecular weight excluding hydrogens is 289 g/mol. The first kappa shape index (κ1) is 16.0. The van der Waals surface area contributed by atoms with Crippen molar-refractivity contribution in [2.24, 2.45) is 0 Å². The van der Waals surface area contributed by atoms with Gasteiger partial charge in [0, 0.05) is 5.56 Å². The summed E-state index contributed by atoms with van der Waals surface area (Å²) in [4.78, 5) is 12.1. The number of carbonyl (C=O) groups is 1. The van der Waals surface area contributed by atoms with Crippen LogP contribution in [0.4, 0.5) is 13.2 Å². The van der Waals surface area contributed by atoms with Crippen molar-refractivity contribution >= 4 is 11.9 Å². The molecule has 4 heteroatoms. The standard InChI is InChI=1S/C18H15F3O/c1-12-6-8-16(13(2)10-12)17(22)9-7-14-4-3-5-15(11-14)18(19,20)21/h3-11H,1-2H3/b9-7+. The summed E-state index contributed by atoms with van der Waals surface area (Å²) >= 11 is 0. The number of hydrogen-bond acceptors (Lipinski definition) is 1. The van der Waals surface area contributed by atoms with E-state index in [-0.39, 0.29) is 5.78 Å². The van der Waals surface area contributed by atoms with Crippen LogP contribution in [0.3, 0.4) is 0 Å². The van der Waals surface area contributed by atoms with Gasteiger partial charge in [-0.1, -0.05) is 42.0 Å². The van der Waals surface area contributed by atoms with Crippen LogP contribution in [0.2, 0.25) is 0 Å². The average molecular weight is 304 g/mol. The molecule has 0 amide bonds. The molecular formula is C18H15F3O. The summed E-state index contributed by atoms with van der Waals surface area (Å²) in [5.74, 6) is -0.227. The van der Waals surface area contributed by atoms with E-state index in [4.69, 9.17) is 0 Å². The van der Waals surface area contributed by atoms with E-state index >= 15 is 0 Å². The Morgan fingerprint density at radius 1 is 1.05 bits per heavy atom. The molecule has 114 valence electrons. The van der Waals surface area contributed by atoms with Crippen LogP contribution in [0.1, 0.15) is 32.6 Å². The molecule has 0 atom stereocenters. The van der Waals surface area contributed by atoms with Gasteiger partial charge in [-0.3, -0.25) is 4.79 Å². The topological polar surface area (TPSA) is 17.1 Å². The zero-order valence-electron chi connectivity index (χ0n) is 12.2. The van der Waals surface area contributed by atoms with E-state index < -0.39 is 11.7 Å². The van der Waals surface area contributed by atoms with Crippen LogP contribution in [-0.2, 0) is 6.18 Å². The molecule has 0 spiro atoms. The van der Waals surface area contributed by atoms with Crippen molar-refractivity contribution in [3.63, 3.8) is 0 Å². The van der Waals surface area contributed by atoms with E-state index in [0.29, 0.717) is 11.1 Å². The van der Waals surface area contributed by atoms with Crippen LogP contribution in [-0.4, -0.2) is 5.78 Å². The predicted molar refractivity (Wildman–Crippen MR) is 80.7 cm³/mol. The summed E-state index contributed by atoms with van der Waals surface area (Å²) in [6.45, 7) is 3.76. The van der Waals surface area contributed by atoms with E-state index in [1.807, 2.05) is 26.0 Å². The molecule has 0 N–H and O–H groups in total. The van der Waals surface area contributed by atoms with Gasteiger partial charge < -0.3 is 0 Å². The van der Waals surface area contributed by atoms with Gasteiger partial charge in [0.1, 0.15) is 0 Å². The minimum Gasteiger partial charge on any atom is -0.289 e. The number of carbonyl (C=O) groups excluding carboxylic acids is 1. The van der Waals surface area contributed by atoms with Crippen molar-refractivity contribution < 1.29 is 18.0 Å². The van der Waals surface area contributed by atoms with Crippen molar-refractivity contribution in [1.29, 1.82) is 0 Å². The summed E-state index contributed by atoms with van der Waals surface area (Å²) in [7, 11) is 0. The highest BCUT2D eigenvalue weighted by atomic mass is 19.4. The molecule has 2 aromatic rings. The van der Waals surface area contributed by atoms with Gasteiger partial charge in [-0.2, -0.15) is 13.2 Å². The molecule has 0 radical (unpaired) electrons. The Morgan fingerprint density at radius 2 is 1.77 bits per heavy atom. The quantitative estimate of drug-likeness (QED) is 0.561. The summed E-state index contributed by atoms with van der Waals surface area (Å²) in [6, 6.07) is 10.3. The Morgan fingerprint density at radius 3 is 2.41 bits per heavy atom. The molecule has 0 bridgehead atoms. The van der Waals surface area contributed by atoms with Crippen molar-refractivity contribution in [3.8, 4) is 0 Å². The maximum Gasteiger partial charge on any atom is 0.416 e. The number of benzene rings is 2. The molecule has 0 fully saturated rings. The van der Waals surface area contributed by atoms with E-state index in [2.05, 4.69) is 0 Å². The van der Waals surface area contributed by atoms with Gasteiger partial charge in [-0.25, -0.2) is 0 Å². The number of hydrogen-bond donors (Lipinski definition) is 0. The summed E-state index contributed by atoms with van der Waals surface area (Å²) in [6.07, 6.45) is -1.69. The van der Waals surface area contributed by atoms with Crippen molar-refractivity contribution in [3.05, 3.63) is 76.4 Å². The van der Waals surface area contributed by atoms with E-state index in [9.17, 15) is 18.0 Å². The highest BCUT2D eigenvalue weighted by Gasteiger charge is 2.30. The Kier molecular flexibility index (Phi) is 4.50. The van der Waals surface area contributed by atoms with Crippen LogP contribution in [0.5, 0.6) is 0 Å². The van der Waals surface area contributed by atoms with Crippen LogP contribution in [0.25, 0.3) is 6.08 Å². The lowest BCUT2D eigenvalue weighted by atomic mass is 10.0. The second-order valence-electron chi connectivity index (χ2n) is 5.14. The maximum atomic E-state index is 12.6. The van der Waals surface area contributed by atoms with Gasteiger partial charge >= 0.3 is 6.18 Å². The molecule has 0 aromatic heterocycles. The first-order valence-corrected chi connectivity index (χ1v) is 6.74. The minimum absolute atomic E-state index is 0.227. The number of rotatable bonds is 3. The molecule has 0 aliphatic heterocycles. The lowest BCUT2D eigenvalue weighted by molar-refractivity contribution is -0.137. The Bertz CT molecular complexity index is 727. The Labute approximate surface area is 127 Å². The number of ketones is 1. The predicted octanol–water partition coefficient (Wildman–Crippen LogP) is 5.22. The highest BCUT2D eigenvalue weighted by molar-refractivity contribution is 6.07. The molecule has 2 aromatic carbocycles. The van der Waals surface area contributed by atoms with E-state index in [1.165, 1.54) is 24.3 Å². The van der Waals surface area contributed by atoms with Crippen LogP contribution < -0.4 is 0 Å². The van der Waals surface area contributed by atoms with Crippen molar-refractivity contribution in [2.45, 2.75) is 20.0 Å². The number of allylic oxidation sites excluding steroid dienone is 1. The van der Waals surface area contributed by atoms with Gasteiger partial charge in [0.25, 0.3) is 0 Å². The zero-order valence-corrected chi connectivity index (χ0v) is 12.2. The largest absolute Gasteiger partial charge is 0.416 e. The number of halogens is 3. The molecule has 0 heterocycles. The summed E-state index contributed by atoms with van der Waals surface area (Å²) in [5.41, 5.74) is 2.06. The molecule has 2 rings (SSSR count). The third kappa shape index (κ3) is 3.85. The molecule has 1 nitrogen and oxygen atoms in total. The molecule has 0 aliphatic rings. The van der Waals surface area contributed by atoms with Crippen LogP contribution in [0.15, 0.2) is 48.5 Å². The van der Waals surface area contributed by atoms with Crippen molar-refractivity contribution in [2.75, 3.05) is 0 Å². The van der Waals surface area contributed by atoms with Gasteiger partial charge in [-0.05, 0) is 43.2 Å². The lowest BCUT2D eigenvalue weighted by Crippen LogP contribution is -2.04. The summed E-state index contributed by atoms with van der Waals surface area (Å²) in [5, 5.41) is 0. The molecule has 0 aliphatic carbocycles. The average Bonchev–Trinajstić information content (AvgIpc) is 2.44. The van der Waals surface area contributed by atoms with Gasteiger partial charge in [-0.15, -0.1) is 0 Å². The van der Waals surface area contributed by atoms with Crippen molar-refractivity contribution in [1.82, 2.24) is 0 Å². The fourth-order valence-electron chi connectivity index (χ4n) is 2.17. The van der Waals surface area contributed by atoms with Gasteiger partial charge in [0.2, 0.25) is 0 Å². The SMILES string of the molecule is Cc1ccc(C(=O)/C=C/c2cccc(C(F)(F)F)c2)c(C)c1. The van der Waals surface area contributed by atoms with Crippen LogP contribution >= 0.6 is 0 Å². The second kappa shape index (κ2) is 6.18. The smallest absolute Gasteiger partial charge is 0.289 e. The fourth-order valence-corrected chi connectivity index (χ4v) is 2.17. The molecule has 0 unspecified atom stereocenters. The molecule has 0 saturated heterocycles. The molecule has 0 saturated carbocycles. The Balaban J connectivity index is 2.23. The molecule has 22 heavy (non-hydrogen) atoms. The first-order valence-electron chi connectivity index (χ1n) is 6.74. The lowest BCUT2D eigenvalue weighted by Gasteiger charge is -2.06.